The van der Waals surface area contributed by atoms with E-state index in [1.807, 2.05) is 55.9 Å². The second-order valence-corrected chi connectivity index (χ2v) is 9.78. The Kier molecular flexibility index (Phi) is 7.85. The molecule has 4 rings (SSSR count). The summed E-state index contributed by atoms with van der Waals surface area (Å²) >= 11 is 0. The minimum Gasteiger partial charge on any atom is -0.433 e. The van der Waals surface area contributed by atoms with E-state index < -0.39 is 0 Å². The molecule has 0 bridgehead atoms. The SMILES string of the molecule is Cc1cc(-c2cnc(N)c(Oc3cnn(C4CCN(C)CC4)c3)n2)cc(C)c1C(=O)NCCN(C)C. The van der Waals surface area contributed by atoms with Crippen molar-refractivity contribution in [1.82, 2.24) is 34.9 Å². The topological polar surface area (TPSA) is 114 Å². The zero-order valence-electron chi connectivity index (χ0n) is 21.8. The standard InChI is InChI=1S/C26H36N8O2/c1-17-12-19(13-18(2)23(17)25(35)28-8-11-32(3)4)22-15-29-24(27)26(31-22)36-21-14-30-34(16-21)20-6-9-33(5)10-7-20/h12-16,20H,6-11H2,1-5H3,(H2,27,29)(H,28,35). The molecule has 36 heavy (non-hydrogen) atoms. The molecular weight excluding hydrogens is 456 g/mol. The number of aromatic nitrogens is 4. The van der Waals surface area contributed by atoms with Crippen molar-refractivity contribution in [2.24, 2.45) is 0 Å². The number of amides is 1. The molecule has 0 spiro atoms. The summed E-state index contributed by atoms with van der Waals surface area (Å²) in [6.45, 7) is 7.33. The number of nitrogens with one attached hydrogen (secondary N) is 1. The van der Waals surface area contributed by atoms with Crippen LogP contribution in [0.25, 0.3) is 11.3 Å². The highest BCUT2D eigenvalue weighted by molar-refractivity contribution is 5.97. The third-order valence-corrected chi connectivity index (χ3v) is 6.52. The number of anilines is 1. The maximum Gasteiger partial charge on any atom is 0.263 e. The predicted molar refractivity (Wildman–Crippen MR) is 140 cm³/mol. The molecule has 1 amide bonds. The van der Waals surface area contributed by atoms with E-state index in [0.29, 0.717) is 29.6 Å². The van der Waals surface area contributed by atoms with Crippen LogP contribution in [0.3, 0.4) is 0 Å². The molecule has 0 radical (unpaired) electrons. The van der Waals surface area contributed by atoms with E-state index in [9.17, 15) is 4.79 Å². The van der Waals surface area contributed by atoms with Crippen LogP contribution in [0.5, 0.6) is 11.6 Å². The van der Waals surface area contributed by atoms with Crippen molar-refractivity contribution in [1.29, 1.82) is 0 Å². The second kappa shape index (κ2) is 11.0. The normalized spacial score (nSPS) is 14.8. The molecule has 0 unspecified atom stereocenters. The van der Waals surface area contributed by atoms with E-state index in [-0.39, 0.29) is 17.6 Å². The first-order chi connectivity index (χ1) is 17.2. The van der Waals surface area contributed by atoms with Gasteiger partial charge in [0.25, 0.3) is 11.8 Å². The van der Waals surface area contributed by atoms with Crippen molar-refractivity contribution in [3.8, 4) is 22.9 Å². The van der Waals surface area contributed by atoms with Gasteiger partial charge in [0.1, 0.15) is 0 Å². The van der Waals surface area contributed by atoms with Gasteiger partial charge in [-0.05, 0) is 84.2 Å². The smallest absolute Gasteiger partial charge is 0.263 e. The molecule has 0 aliphatic carbocycles. The number of aryl methyl sites for hydroxylation is 2. The van der Waals surface area contributed by atoms with Crippen LogP contribution in [-0.4, -0.2) is 82.8 Å². The lowest BCUT2D eigenvalue weighted by Gasteiger charge is -2.28. The largest absolute Gasteiger partial charge is 0.433 e. The number of likely N-dealkylation sites (N-methyl/N-ethyl adjacent to an activating group) is 1. The zero-order valence-corrected chi connectivity index (χ0v) is 21.8. The molecule has 192 valence electrons. The summed E-state index contributed by atoms with van der Waals surface area (Å²) in [5.41, 5.74) is 9.96. The summed E-state index contributed by atoms with van der Waals surface area (Å²) in [6, 6.07) is 4.24. The predicted octanol–water partition coefficient (Wildman–Crippen LogP) is 2.89. The molecule has 1 aromatic carbocycles. The number of nitrogen functional groups attached to an aromatic ring is 1. The van der Waals surface area contributed by atoms with Gasteiger partial charge in [-0.15, -0.1) is 0 Å². The van der Waals surface area contributed by atoms with Crippen molar-refractivity contribution in [2.45, 2.75) is 32.7 Å². The van der Waals surface area contributed by atoms with Crippen LogP contribution >= 0.6 is 0 Å². The molecule has 10 nitrogen and oxygen atoms in total. The van der Waals surface area contributed by atoms with Gasteiger partial charge in [-0.3, -0.25) is 9.48 Å². The third kappa shape index (κ3) is 6.00. The third-order valence-electron chi connectivity index (χ3n) is 6.52. The Balaban J connectivity index is 1.51. The number of piperidine rings is 1. The Morgan fingerprint density at radius 2 is 1.89 bits per heavy atom. The lowest BCUT2D eigenvalue weighted by atomic mass is 9.97. The van der Waals surface area contributed by atoms with Gasteiger partial charge in [-0.2, -0.15) is 5.10 Å². The summed E-state index contributed by atoms with van der Waals surface area (Å²) in [7, 11) is 6.09. The van der Waals surface area contributed by atoms with Crippen molar-refractivity contribution in [3.05, 3.63) is 47.4 Å². The van der Waals surface area contributed by atoms with E-state index in [2.05, 4.69) is 32.3 Å². The summed E-state index contributed by atoms with van der Waals surface area (Å²) in [4.78, 5) is 26.0. The molecule has 1 saturated heterocycles. The number of carbonyl (C=O) groups excluding carboxylic acids is 1. The number of nitrogens with zero attached hydrogens (tertiary/aromatic N) is 6. The Hall–Kier alpha value is -3.50. The summed E-state index contributed by atoms with van der Waals surface area (Å²) in [6.07, 6.45) is 7.30. The highest BCUT2D eigenvalue weighted by Gasteiger charge is 2.20. The first kappa shape index (κ1) is 25.6. The quantitative estimate of drug-likeness (QED) is 0.493. The number of carbonyl (C=O) groups is 1. The van der Waals surface area contributed by atoms with E-state index in [0.717, 1.165) is 49.2 Å². The molecule has 3 heterocycles. The molecule has 3 N–H and O–H groups in total. The molecular formula is C26H36N8O2. The van der Waals surface area contributed by atoms with Crippen molar-refractivity contribution < 1.29 is 9.53 Å². The molecule has 1 aliphatic rings. The number of ether oxygens (including phenoxy) is 1. The first-order valence-electron chi connectivity index (χ1n) is 12.3. The summed E-state index contributed by atoms with van der Waals surface area (Å²) in [5.74, 6) is 0.934. The first-order valence-corrected chi connectivity index (χ1v) is 12.3. The maximum absolute atomic E-state index is 12.7. The Labute approximate surface area is 212 Å². The van der Waals surface area contributed by atoms with Gasteiger partial charge in [0.05, 0.1) is 30.3 Å². The van der Waals surface area contributed by atoms with Crippen molar-refractivity contribution in [2.75, 3.05) is 53.1 Å². The average molecular weight is 493 g/mol. The van der Waals surface area contributed by atoms with Crippen molar-refractivity contribution in [3.63, 3.8) is 0 Å². The maximum atomic E-state index is 12.7. The lowest BCUT2D eigenvalue weighted by molar-refractivity contribution is 0.0950. The lowest BCUT2D eigenvalue weighted by Crippen LogP contribution is -2.32. The van der Waals surface area contributed by atoms with E-state index in [4.69, 9.17) is 10.5 Å². The second-order valence-electron chi connectivity index (χ2n) is 9.78. The molecule has 0 saturated carbocycles. The van der Waals surface area contributed by atoms with Gasteiger partial charge in [-0.25, -0.2) is 9.97 Å². The molecule has 2 aromatic heterocycles. The number of benzene rings is 1. The van der Waals surface area contributed by atoms with Gasteiger partial charge in [0.2, 0.25) is 0 Å². The zero-order chi connectivity index (χ0) is 25.8. The monoisotopic (exact) mass is 492 g/mol. The molecule has 1 aliphatic heterocycles. The minimum absolute atomic E-state index is 0.0764. The Bertz CT molecular complexity index is 1190. The highest BCUT2D eigenvalue weighted by Crippen LogP contribution is 2.30. The summed E-state index contributed by atoms with van der Waals surface area (Å²) in [5, 5.41) is 7.48. The van der Waals surface area contributed by atoms with Gasteiger partial charge in [-0.1, -0.05) is 0 Å². The molecule has 3 aromatic rings. The summed E-state index contributed by atoms with van der Waals surface area (Å²) < 4.78 is 7.95. The van der Waals surface area contributed by atoms with E-state index in [1.165, 1.54) is 0 Å². The minimum atomic E-state index is -0.0764. The Morgan fingerprint density at radius 3 is 2.56 bits per heavy atom. The number of rotatable bonds is 8. The van der Waals surface area contributed by atoms with Crippen LogP contribution in [0, 0.1) is 13.8 Å². The number of hydrogen-bond donors (Lipinski definition) is 2. The van der Waals surface area contributed by atoms with Gasteiger partial charge in [0.15, 0.2) is 11.6 Å². The van der Waals surface area contributed by atoms with Gasteiger partial charge < -0.3 is 25.6 Å². The average Bonchev–Trinajstić information content (AvgIpc) is 3.28. The van der Waals surface area contributed by atoms with Crippen LogP contribution in [0.15, 0.2) is 30.7 Å². The van der Waals surface area contributed by atoms with Crippen LogP contribution < -0.4 is 15.8 Å². The molecule has 10 heteroatoms. The fraction of sp³-hybridized carbons (Fsp3) is 0.462. The highest BCUT2D eigenvalue weighted by atomic mass is 16.5. The number of likely N-dealkylation sites (tertiary alicyclic amines) is 1. The van der Waals surface area contributed by atoms with Crippen LogP contribution in [0.1, 0.15) is 40.4 Å². The van der Waals surface area contributed by atoms with Crippen molar-refractivity contribution >= 4 is 11.7 Å². The molecule has 1 fully saturated rings. The number of hydrogen-bond acceptors (Lipinski definition) is 8. The fourth-order valence-corrected chi connectivity index (χ4v) is 4.49. The number of nitrogens with two attached hydrogens (primary N) is 1. The fourth-order valence-electron chi connectivity index (χ4n) is 4.49. The van der Waals surface area contributed by atoms with Crippen LogP contribution in [0.4, 0.5) is 5.82 Å². The van der Waals surface area contributed by atoms with E-state index in [1.54, 1.807) is 12.4 Å². The van der Waals surface area contributed by atoms with E-state index >= 15 is 0 Å². The van der Waals surface area contributed by atoms with Gasteiger partial charge >= 0.3 is 0 Å². The van der Waals surface area contributed by atoms with Crippen LogP contribution in [-0.2, 0) is 0 Å². The van der Waals surface area contributed by atoms with Gasteiger partial charge in [0, 0.05) is 24.2 Å². The van der Waals surface area contributed by atoms with Crippen LogP contribution in [0.2, 0.25) is 0 Å². The Morgan fingerprint density at radius 1 is 1.19 bits per heavy atom. The molecule has 0 atom stereocenters.